The van der Waals surface area contributed by atoms with Crippen LogP contribution in [-0.4, -0.2) is 29.6 Å². The Hall–Kier alpha value is -2.07. The molecule has 0 aliphatic carbocycles. The van der Waals surface area contributed by atoms with Crippen molar-refractivity contribution in [1.82, 2.24) is 10.3 Å². The molecule has 0 bridgehead atoms. The smallest absolute Gasteiger partial charge is 0.267 e. The van der Waals surface area contributed by atoms with Crippen molar-refractivity contribution in [3.05, 3.63) is 59.9 Å². The number of hydrogen-bond acceptors (Lipinski definition) is 2. The average Bonchev–Trinajstić information content (AvgIpc) is 3.09. The van der Waals surface area contributed by atoms with Crippen LogP contribution in [-0.2, 0) is 10.2 Å². The topological polar surface area (TPSA) is 54.1 Å². The number of benzene rings is 1. The number of carbonyl (C=O) groups is 1. The van der Waals surface area contributed by atoms with E-state index in [0.29, 0.717) is 12.2 Å². The molecule has 1 aromatic carbocycles. The first-order valence-corrected chi connectivity index (χ1v) is 8.62. The fourth-order valence-electron chi connectivity index (χ4n) is 3.85. The predicted octanol–water partition coefficient (Wildman–Crippen LogP) is 3.66. The van der Waals surface area contributed by atoms with Crippen LogP contribution >= 0.6 is 0 Å². The quantitative estimate of drug-likeness (QED) is 0.881. The molecule has 1 aromatic heterocycles. The summed E-state index contributed by atoms with van der Waals surface area (Å²) in [7, 11) is 0. The summed E-state index contributed by atoms with van der Waals surface area (Å²) < 4.78 is 5.94. The Morgan fingerprint density at radius 1 is 1.21 bits per heavy atom. The largest absolute Gasteiger partial charge is 0.376 e. The molecule has 1 fully saturated rings. The summed E-state index contributed by atoms with van der Waals surface area (Å²) in [4.78, 5) is 15.1. The van der Waals surface area contributed by atoms with Gasteiger partial charge in [-0.2, -0.15) is 0 Å². The number of hydrogen-bond donors (Lipinski definition) is 2. The van der Waals surface area contributed by atoms with Crippen molar-refractivity contribution in [3.63, 3.8) is 0 Å². The molecule has 2 aromatic rings. The van der Waals surface area contributed by atoms with Crippen LogP contribution in [0, 0.1) is 0 Å². The summed E-state index contributed by atoms with van der Waals surface area (Å²) in [5.41, 5.74) is 1.86. The second kappa shape index (κ2) is 6.81. The Labute approximate surface area is 143 Å². The highest BCUT2D eigenvalue weighted by atomic mass is 16.5. The molecule has 1 atom stereocenters. The molecule has 4 nitrogen and oxygen atoms in total. The number of rotatable bonds is 5. The molecule has 1 aliphatic rings. The molecule has 1 amide bonds. The zero-order valence-corrected chi connectivity index (χ0v) is 14.5. The Kier molecular flexibility index (Phi) is 4.76. The first-order chi connectivity index (χ1) is 11.5. The second-order valence-electron chi connectivity index (χ2n) is 7.27. The highest BCUT2D eigenvalue weighted by Gasteiger charge is 2.41. The third-order valence-electron chi connectivity index (χ3n) is 4.96. The molecule has 4 heteroatoms. The van der Waals surface area contributed by atoms with Crippen molar-refractivity contribution in [1.29, 1.82) is 0 Å². The molecule has 0 unspecified atom stereocenters. The van der Waals surface area contributed by atoms with Gasteiger partial charge in [0.1, 0.15) is 5.69 Å². The Morgan fingerprint density at radius 3 is 2.67 bits per heavy atom. The van der Waals surface area contributed by atoms with Crippen molar-refractivity contribution in [3.8, 4) is 0 Å². The normalized spacial score (nSPS) is 22.9. The lowest BCUT2D eigenvalue weighted by Gasteiger charge is -2.45. The summed E-state index contributed by atoms with van der Waals surface area (Å²) in [5, 5.41) is 3.04. The van der Waals surface area contributed by atoms with Crippen molar-refractivity contribution >= 4 is 5.91 Å². The van der Waals surface area contributed by atoms with E-state index >= 15 is 0 Å². The minimum Gasteiger partial charge on any atom is -0.376 e. The molecule has 2 heterocycles. The van der Waals surface area contributed by atoms with E-state index in [1.54, 1.807) is 12.3 Å². The summed E-state index contributed by atoms with van der Waals surface area (Å²) in [5.74, 6) is -0.0467. The second-order valence-corrected chi connectivity index (χ2v) is 7.27. The molecule has 1 aliphatic heterocycles. The highest BCUT2D eigenvalue weighted by molar-refractivity contribution is 5.92. The van der Waals surface area contributed by atoms with E-state index in [9.17, 15) is 4.79 Å². The number of nitrogens with one attached hydrogen (secondary N) is 2. The number of H-pyrrole nitrogens is 1. The van der Waals surface area contributed by atoms with Gasteiger partial charge in [0.25, 0.3) is 5.91 Å². The van der Waals surface area contributed by atoms with Crippen LogP contribution in [0.2, 0.25) is 0 Å². The fraction of sp³-hybridized carbons (Fsp3) is 0.450. The van der Waals surface area contributed by atoms with Crippen LogP contribution in [0.3, 0.4) is 0 Å². The molecule has 1 saturated heterocycles. The van der Waals surface area contributed by atoms with E-state index in [-0.39, 0.29) is 16.9 Å². The van der Waals surface area contributed by atoms with Crippen molar-refractivity contribution in [2.45, 2.75) is 44.1 Å². The molecule has 2 N–H and O–H groups in total. The van der Waals surface area contributed by atoms with E-state index in [2.05, 4.69) is 54.5 Å². The van der Waals surface area contributed by atoms with Gasteiger partial charge >= 0.3 is 0 Å². The van der Waals surface area contributed by atoms with Gasteiger partial charge in [0.15, 0.2) is 0 Å². The summed E-state index contributed by atoms with van der Waals surface area (Å²) in [6.07, 6.45) is 4.62. The lowest BCUT2D eigenvalue weighted by molar-refractivity contribution is -0.0838. The third-order valence-corrected chi connectivity index (χ3v) is 4.96. The van der Waals surface area contributed by atoms with Crippen LogP contribution in [0.15, 0.2) is 48.7 Å². The van der Waals surface area contributed by atoms with Gasteiger partial charge in [-0.1, -0.05) is 30.3 Å². The fourth-order valence-corrected chi connectivity index (χ4v) is 3.85. The molecular weight excluding hydrogens is 300 g/mol. The molecular formula is C20H26N2O2. The third kappa shape index (κ3) is 3.70. The maximum absolute atomic E-state index is 12.1. The van der Waals surface area contributed by atoms with Gasteiger partial charge in [-0.05, 0) is 50.8 Å². The SMILES string of the molecule is CC1(C)C[C@](CCNC(=O)c2ccc[nH]2)(c2ccccc2)CCO1. The van der Waals surface area contributed by atoms with Crippen LogP contribution in [0.5, 0.6) is 0 Å². The molecule has 3 rings (SSSR count). The van der Waals surface area contributed by atoms with Gasteiger partial charge in [0.05, 0.1) is 5.60 Å². The van der Waals surface area contributed by atoms with Gasteiger partial charge < -0.3 is 15.0 Å². The maximum atomic E-state index is 12.1. The van der Waals surface area contributed by atoms with Crippen LogP contribution in [0.4, 0.5) is 0 Å². The molecule has 24 heavy (non-hydrogen) atoms. The van der Waals surface area contributed by atoms with Gasteiger partial charge in [-0.3, -0.25) is 4.79 Å². The summed E-state index contributed by atoms with van der Waals surface area (Å²) >= 11 is 0. The maximum Gasteiger partial charge on any atom is 0.267 e. The zero-order valence-electron chi connectivity index (χ0n) is 14.5. The minimum atomic E-state index is -0.141. The van der Waals surface area contributed by atoms with Gasteiger partial charge in [0.2, 0.25) is 0 Å². The van der Waals surface area contributed by atoms with E-state index in [0.717, 1.165) is 25.9 Å². The first-order valence-electron chi connectivity index (χ1n) is 8.62. The first kappa shape index (κ1) is 16.8. The number of aromatic nitrogens is 1. The Balaban J connectivity index is 1.72. The Bertz CT molecular complexity index is 664. The summed E-state index contributed by atoms with van der Waals surface area (Å²) in [6.45, 7) is 5.72. The number of amides is 1. The van der Waals surface area contributed by atoms with E-state index in [4.69, 9.17) is 4.74 Å². The van der Waals surface area contributed by atoms with Gasteiger partial charge in [0, 0.05) is 24.8 Å². The number of ether oxygens (including phenoxy) is 1. The minimum absolute atomic E-state index is 0.0467. The zero-order chi connectivity index (χ0) is 17.0. The standard InChI is InChI=1S/C20H26N2O2/c1-19(2)15-20(11-14-24-19,16-7-4-3-5-8-16)10-13-22-18(23)17-9-6-12-21-17/h3-9,12,21H,10-11,13-15H2,1-2H3,(H,22,23)/t20-/m1/s1. The van der Waals surface area contributed by atoms with E-state index in [1.165, 1.54) is 5.56 Å². The average molecular weight is 326 g/mol. The molecule has 0 radical (unpaired) electrons. The van der Waals surface area contributed by atoms with E-state index in [1.807, 2.05) is 6.07 Å². The van der Waals surface area contributed by atoms with Gasteiger partial charge in [-0.25, -0.2) is 0 Å². The number of carbonyl (C=O) groups excluding carboxylic acids is 1. The van der Waals surface area contributed by atoms with Crippen molar-refractivity contribution in [2.24, 2.45) is 0 Å². The monoisotopic (exact) mass is 326 g/mol. The predicted molar refractivity (Wildman–Crippen MR) is 95.1 cm³/mol. The molecule has 0 saturated carbocycles. The van der Waals surface area contributed by atoms with Crippen molar-refractivity contribution in [2.75, 3.05) is 13.2 Å². The summed E-state index contributed by atoms with van der Waals surface area (Å²) in [6, 6.07) is 14.3. The van der Waals surface area contributed by atoms with E-state index < -0.39 is 0 Å². The van der Waals surface area contributed by atoms with Crippen LogP contribution in [0.1, 0.15) is 49.2 Å². The highest BCUT2D eigenvalue weighted by Crippen LogP contribution is 2.43. The number of aromatic amines is 1. The molecule has 0 spiro atoms. The lowest BCUT2D eigenvalue weighted by Crippen LogP contribution is -2.45. The van der Waals surface area contributed by atoms with Crippen LogP contribution < -0.4 is 5.32 Å². The lowest BCUT2D eigenvalue weighted by atomic mass is 9.67. The van der Waals surface area contributed by atoms with Crippen LogP contribution in [0.25, 0.3) is 0 Å². The molecule has 128 valence electrons. The van der Waals surface area contributed by atoms with Gasteiger partial charge in [-0.15, -0.1) is 0 Å². The van der Waals surface area contributed by atoms with Crippen molar-refractivity contribution < 1.29 is 9.53 Å². The Morgan fingerprint density at radius 2 is 2.00 bits per heavy atom.